The highest BCUT2D eigenvalue weighted by molar-refractivity contribution is 7.25. The van der Waals surface area contributed by atoms with Crippen molar-refractivity contribution in [3.8, 4) is 22.5 Å². The van der Waals surface area contributed by atoms with Gasteiger partial charge in [0.05, 0.1) is 33.4 Å². The SMILES string of the molecule is c1ccc2cc3c(cc2c1)c1cc(-c2ccc4c(c2)c2ccccc2n4-c2cccc4ccccc24)ccc1n3-c1cccc2sc3ccccc3c12. The van der Waals surface area contributed by atoms with E-state index in [2.05, 4.69) is 191 Å². The predicted molar refractivity (Wildman–Crippen MR) is 228 cm³/mol. The molecule has 246 valence electrons. The molecule has 2 nitrogen and oxygen atoms in total. The second kappa shape index (κ2) is 10.9. The van der Waals surface area contributed by atoms with Gasteiger partial charge in [0.1, 0.15) is 0 Å². The molecule has 12 rings (SSSR count). The zero-order valence-corrected chi connectivity index (χ0v) is 29.4. The van der Waals surface area contributed by atoms with Gasteiger partial charge in [-0.3, -0.25) is 0 Å². The number of fused-ring (bicyclic) bond motifs is 11. The number of rotatable bonds is 3. The molecule has 0 bridgehead atoms. The number of aromatic nitrogens is 2. The molecule has 12 aromatic rings. The van der Waals surface area contributed by atoms with Crippen LogP contribution in [0.25, 0.3) is 108 Å². The van der Waals surface area contributed by atoms with E-state index >= 15 is 0 Å². The Morgan fingerprint density at radius 2 is 0.830 bits per heavy atom. The van der Waals surface area contributed by atoms with Crippen LogP contribution in [0.3, 0.4) is 0 Å². The van der Waals surface area contributed by atoms with Gasteiger partial charge in [-0.05, 0) is 94.0 Å². The van der Waals surface area contributed by atoms with E-state index in [9.17, 15) is 0 Å². The third-order valence-corrected chi connectivity index (χ3v) is 12.4. The predicted octanol–water partition coefficient (Wildman–Crippen LogP) is 14.2. The monoisotopic (exact) mass is 690 g/mol. The number of hydrogen-bond donors (Lipinski definition) is 0. The van der Waals surface area contributed by atoms with Crippen LogP contribution in [0.2, 0.25) is 0 Å². The Hall–Kier alpha value is -6.68. The molecule has 3 aromatic heterocycles. The molecular formula is C50H30N2S. The van der Waals surface area contributed by atoms with Crippen LogP contribution >= 0.6 is 11.3 Å². The Morgan fingerprint density at radius 3 is 1.64 bits per heavy atom. The van der Waals surface area contributed by atoms with Gasteiger partial charge in [0.15, 0.2) is 0 Å². The standard InChI is InChI=1S/C50H30N2S/c1-2-13-33-30-47-41(27-32(33)12-1)40-29-35(24-26-45(40)52(47)46-20-10-22-49-50(46)38-17-6-8-21-48(38)53-49)34-23-25-44-39(28-34)37-16-5-7-18-43(37)51(44)42-19-9-14-31-11-3-4-15-36(31)42/h1-30H. The minimum atomic E-state index is 1.21. The molecule has 0 aliphatic heterocycles. The smallest absolute Gasteiger partial charge is 0.0555 e. The van der Waals surface area contributed by atoms with E-state index in [0.717, 1.165) is 0 Å². The van der Waals surface area contributed by atoms with Gasteiger partial charge >= 0.3 is 0 Å². The molecule has 0 radical (unpaired) electrons. The van der Waals surface area contributed by atoms with E-state index in [1.54, 1.807) is 0 Å². The third kappa shape index (κ3) is 4.14. The van der Waals surface area contributed by atoms with Crippen LogP contribution in [0.5, 0.6) is 0 Å². The fourth-order valence-corrected chi connectivity index (χ4v) is 10.0. The van der Waals surface area contributed by atoms with Crippen molar-refractivity contribution in [3.63, 3.8) is 0 Å². The Morgan fingerprint density at radius 1 is 0.302 bits per heavy atom. The highest BCUT2D eigenvalue weighted by atomic mass is 32.1. The summed E-state index contributed by atoms with van der Waals surface area (Å²) >= 11 is 1.87. The first kappa shape index (κ1) is 29.0. The number of para-hydroxylation sites is 1. The van der Waals surface area contributed by atoms with Crippen molar-refractivity contribution in [2.24, 2.45) is 0 Å². The second-order valence-electron chi connectivity index (χ2n) is 14.1. The van der Waals surface area contributed by atoms with E-state index in [1.165, 1.54) is 108 Å². The van der Waals surface area contributed by atoms with Gasteiger partial charge in [-0.15, -0.1) is 11.3 Å². The van der Waals surface area contributed by atoms with Gasteiger partial charge in [-0.25, -0.2) is 0 Å². The maximum atomic E-state index is 2.50. The average molecular weight is 691 g/mol. The van der Waals surface area contributed by atoms with E-state index in [4.69, 9.17) is 0 Å². The average Bonchev–Trinajstić information content (AvgIpc) is 3.87. The Balaban J connectivity index is 1.12. The summed E-state index contributed by atoms with van der Waals surface area (Å²) in [5.41, 5.74) is 9.74. The van der Waals surface area contributed by atoms with Crippen LogP contribution in [0.15, 0.2) is 182 Å². The van der Waals surface area contributed by atoms with Crippen molar-refractivity contribution in [1.82, 2.24) is 9.13 Å². The first-order valence-corrected chi connectivity index (χ1v) is 19.0. The molecule has 9 aromatic carbocycles. The van der Waals surface area contributed by atoms with Crippen LogP contribution in [0, 0.1) is 0 Å². The first-order valence-electron chi connectivity index (χ1n) is 18.2. The van der Waals surface area contributed by atoms with Crippen molar-refractivity contribution in [3.05, 3.63) is 182 Å². The Kier molecular flexibility index (Phi) is 5.96. The summed E-state index contributed by atoms with van der Waals surface area (Å²) in [7, 11) is 0. The summed E-state index contributed by atoms with van der Waals surface area (Å²) in [6, 6.07) is 67.3. The van der Waals surface area contributed by atoms with Crippen LogP contribution in [0.1, 0.15) is 0 Å². The summed E-state index contributed by atoms with van der Waals surface area (Å²) in [6.45, 7) is 0. The topological polar surface area (TPSA) is 9.86 Å². The van der Waals surface area contributed by atoms with Crippen molar-refractivity contribution < 1.29 is 0 Å². The zero-order chi connectivity index (χ0) is 34.6. The van der Waals surface area contributed by atoms with E-state index < -0.39 is 0 Å². The normalized spacial score (nSPS) is 12.2. The van der Waals surface area contributed by atoms with Gasteiger partial charge in [-0.2, -0.15) is 0 Å². The number of benzene rings is 9. The number of hydrogen-bond acceptors (Lipinski definition) is 1. The summed E-state index contributed by atoms with van der Waals surface area (Å²) in [6.07, 6.45) is 0. The maximum absolute atomic E-state index is 2.50. The van der Waals surface area contributed by atoms with Crippen molar-refractivity contribution >= 4 is 96.7 Å². The van der Waals surface area contributed by atoms with Gasteiger partial charge in [0, 0.05) is 47.1 Å². The van der Waals surface area contributed by atoms with Gasteiger partial charge in [-0.1, -0.05) is 115 Å². The maximum Gasteiger partial charge on any atom is 0.0555 e. The molecule has 0 unspecified atom stereocenters. The van der Waals surface area contributed by atoms with Crippen molar-refractivity contribution in [2.75, 3.05) is 0 Å². The fraction of sp³-hybridized carbons (Fsp3) is 0. The first-order chi connectivity index (χ1) is 26.3. The number of nitrogens with zero attached hydrogens (tertiary/aromatic N) is 2. The van der Waals surface area contributed by atoms with E-state index in [1.807, 2.05) is 11.3 Å². The van der Waals surface area contributed by atoms with Gasteiger partial charge in [0.2, 0.25) is 0 Å². The van der Waals surface area contributed by atoms with Crippen LogP contribution < -0.4 is 0 Å². The molecular weight excluding hydrogens is 661 g/mol. The van der Waals surface area contributed by atoms with E-state index in [-0.39, 0.29) is 0 Å². The second-order valence-corrected chi connectivity index (χ2v) is 15.2. The van der Waals surface area contributed by atoms with Crippen LogP contribution in [0.4, 0.5) is 0 Å². The number of thiophene rings is 1. The Bertz CT molecular complexity index is 3460. The van der Waals surface area contributed by atoms with Crippen molar-refractivity contribution in [1.29, 1.82) is 0 Å². The summed E-state index contributed by atoms with van der Waals surface area (Å²) in [4.78, 5) is 0. The summed E-state index contributed by atoms with van der Waals surface area (Å²) in [5.74, 6) is 0. The third-order valence-electron chi connectivity index (χ3n) is 11.3. The lowest BCUT2D eigenvalue weighted by atomic mass is 10.00. The Labute approximate surface area is 309 Å². The quantitative estimate of drug-likeness (QED) is 0.175. The molecule has 0 amide bonds. The van der Waals surface area contributed by atoms with Gasteiger partial charge in [0.25, 0.3) is 0 Å². The van der Waals surface area contributed by atoms with Crippen LogP contribution in [-0.4, -0.2) is 9.13 Å². The molecule has 0 aliphatic rings. The summed E-state index contributed by atoms with van der Waals surface area (Å²) < 4.78 is 7.57. The zero-order valence-electron chi connectivity index (χ0n) is 28.6. The fourth-order valence-electron chi connectivity index (χ4n) is 8.90. The minimum Gasteiger partial charge on any atom is -0.309 e. The highest BCUT2D eigenvalue weighted by Crippen LogP contribution is 2.43. The van der Waals surface area contributed by atoms with Gasteiger partial charge < -0.3 is 9.13 Å². The molecule has 0 saturated carbocycles. The minimum absolute atomic E-state index is 1.21. The molecule has 3 heterocycles. The molecule has 0 N–H and O–H groups in total. The van der Waals surface area contributed by atoms with Crippen molar-refractivity contribution in [2.45, 2.75) is 0 Å². The van der Waals surface area contributed by atoms with E-state index in [0.29, 0.717) is 0 Å². The molecule has 0 atom stereocenters. The molecule has 53 heavy (non-hydrogen) atoms. The lowest BCUT2D eigenvalue weighted by molar-refractivity contribution is 1.20. The lowest BCUT2D eigenvalue weighted by Crippen LogP contribution is -1.95. The molecule has 0 spiro atoms. The molecule has 3 heteroatoms. The molecule has 0 fully saturated rings. The molecule has 0 aliphatic carbocycles. The lowest BCUT2D eigenvalue weighted by Gasteiger charge is -2.12. The highest BCUT2D eigenvalue weighted by Gasteiger charge is 2.19. The van der Waals surface area contributed by atoms with Crippen LogP contribution in [-0.2, 0) is 0 Å². The molecule has 0 saturated heterocycles. The summed E-state index contributed by atoms with van der Waals surface area (Å²) in [5, 5.41) is 12.7. The largest absolute Gasteiger partial charge is 0.309 e.